The van der Waals surface area contributed by atoms with E-state index in [1.165, 1.54) is 49.6 Å². The summed E-state index contributed by atoms with van der Waals surface area (Å²) in [5.74, 6) is 0.844. The number of nitrogens with zero attached hydrogens (tertiary/aromatic N) is 2. The molecular weight excluding hydrogens is 242 g/mol. The molecular formula is C14H25N3S. The Bertz CT molecular complexity index is 356. The molecule has 3 nitrogen and oxygen atoms in total. The van der Waals surface area contributed by atoms with Gasteiger partial charge in [-0.15, -0.1) is 11.3 Å². The second-order valence-corrected chi connectivity index (χ2v) is 6.20. The minimum atomic E-state index is 0.372. The molecule has 0 bridgehead atoms. The predicted molar refractivity (Wildman–Crippen MR) is 78.1 cm³/mol. The van der Waals surface area contributed by atoms with Crippen molar-refractivity contribution >= 4 is 11.3 Å². The second-order valence-electron chi connectivity index (χ2n) is 5.26. The van der Waals surface area contributed by atoms with E-state index in [2.05, 4.69) is 29.4 Å². The fraction of sp³-hybridized carbons (Fsp3) is 0.786. The highest BCUT2D eigenvalue weighted by atomic mass is 32.1. The largest absolute Gasteiger partial charge is 0.312 e. The van der Waals surface area contributed by atoms with Crippen LogP contribution in [0.2, 0.25) is 0 Å². The fourth-order valence-electron chi connectivity index (χ4n) is 2.52. The van der Waals surface area contributed by atoms with Crippen molar-refractivity contribution in [3.05, 3.63) is 16.1 Å². The number of nitrogens with one attached hydrogen (secondary N) is 1. The first kappa shape index (κ1) is 14.0. The first-order valence-electron chi connectivity index (χ1n) is 7.06. The lowest BCUT2D eigenvalue weighted by Gasteiger charge is -2.30. The second kappa shape index (κ2) is 6.64. The summed E-state index contributed by atoms with van der Waals surface area (Å²) in [4.78, 5) is 7.31. The molecule has 1 aromatic heterocycles. The third-order valence-corrected chi connectivity index (χ3v) is 4.95. The Morgan fingerprint density at radius 1 is 1.50 bits per heavy atom. The summed E-state index contributed by atoms with van der Waals surface area (Å²) in [5.41, 5.74) is 1.20. The molecule has 0 aromatic carbocycles. The van der Waals surface area contributed by atoms with Crippen LogP contribution >= 0.6 is 11.3 Å². The molecule has 0 spiro atoms. The van der Waals surface area contributed by atoms with Crippen LogP contribution in [-0.2, 0) is 6.42 Å². The fourth-order valence-corrected chi connectivity index (χ4v) is 3.52. The number of thiazole rings is 1. The van der Waals surface area contributed by atoms with Crippen molar-refractivity contribution in [3.8, 4) is 0 Å². The molecule has 4 heteroatoms. The van der Waals surface area contributed by atoms with Crippen LogP contribution in [0.4, 0.5) is 0 Å². The molecule has 0 radical (unpaired) electrons. The van der Waals surface area contributed by atoms with Gasteiger partial charge in [-0.25, -0.2) is 4.98 Å². The van der Waals surface area contributed by atoms with Gasteiger partial charge in [0.15, 0.2) is 0 Å². The molecule has 1 fully saturated rings. The van der Waals surface area contributed by atoms with E-state index >= 15 is 0 Å². The van der Waals surface area contributed by atoms with Crippen molar-refractivity contribution in [2.24, 2.45) is 5.92 Å². The zero-order valence-corrected chi connectivity index (χ0v) is 12.6. The van der Waals surface area contributed by atoms with Crippen LogP contribution in [-0.4, -0.2) is 36.6 Å². The molecule has 1 aromatic rings. The van der Waals surface area contributed by atoms with Gasteiger partial charge in [-0.05, 0) is 52.4 Å². The molecule has 18 heavy (non-hydrogen) atoms. The van der Waals surface area contributed by atoms with Crippen LogP contribution < -0.4 is 5.32 Å². The van der Waals surface area contributed by atoms with Crippen LogP contribution in [0.25, 0.3) is 0 Å². The Balaban J connectivity index is 1.85. The molecule has 1 aliphatic heterocycles. The molecule has 1 unspecified atom stereocenters. The van der Waals surface area contributed by atoms with E-state index < -0.39 is 0 Å². The van der Waals surface area contributed by atoms with Crippen molar-refractivity contribution in [3.63, 3.8) is 0 Å². The standard InChI is InChI=1S/C14H25N3S/c1-4-17-7-5-12(6-8-17)9-14-16-13(10-18-14)11(2)15-3/h10-12,15H,4-9H2,1-3H3. The highest BCUT2D eigenvalue weighted by molar-refractivity contribution is 7.09. The quantitative estimate of drug-likeness (QED) is 0.889. The summed E-state index contributed by atoms with van der Waals surface area (Å²) >= 11 is 1.83. The molecule has 0 amide bonds. The minimum Gasteiger partial charge on any atom is -0.312 e. The zero-order valence-electron chi connectivity index (χ0n) is 11.8. The Labute approximate surface area is 115 Å². The third kappa shape index (κ3) is 3.53. The van der Waals surface area contributed by atoms with E-state index in [4.69, 9.17) is 4.98 Å². The van der Waals surface area contributed by atoms with E-state index in [-0.39, 0.29) is 0 Å². The average molecular weight is 267 g/mol. The summed E-state index contributed by atoms with van der Waals surface area (Å²) in [5, 5.41) is 6.78. The molecule has 1 atom stereocenters. The molecule has 2 heterocycles. The van der Waals surface area contributed by atoms with Crippen LogP contribution in [0.15, 0.2) is 5.38 Å². The molecule has 0 saturated carbocycles. The van der Waals surface area contributed by atoms with Crippen LogP contribution in [0.3, 0.4) is 0 Å². The summed E-state index contributed by atoms with van der Waals surface area (Å²) in [7, 11) is 1.99. The van der Waals surface area contributed by atoms with E-state index in [9.17, 15) is 0 Å². The Morgan fingerprint density at radius 3 is 2.83 bits per heavy atom. The van der Waals surface area contributed by atoms with E-state index in [1.807, 2.05) is 18.4 Å². The predicted octanol–water partition coefficient (Wildman–Crippen LogP) is 2.70. The van der Waals surface area contributed by atoms with Crippen molar-refractivity contribution in [2.45, 2.75) is 39.2 Å². The summed E-state index contributed by atoms with van der Waals surface area (Å²) in [6.45, 7) is 8.16. The van der Waals surface area contributed by atoms with E-state index in [0.717, 1.165) is 5.92 Å². The van der Waals surface area contributed by atoms with Crippen molar-refractivity contribution in [2.75, 3.05) is 26.7 Å². The average Bonchev–Trinajstić information content (AvgIpc) is 2.87. The Hall–Kier alpha value is -0.450. The van der Waals surface area contributed by atoms with Crippen LogP contribution in [0, 0.1) is 5.92 Å². The van der Waals surface area contributed by atoms with Gasteiger partial charge in [-0.3, -0.25) is 0 Å². The molecule has 1 N–H and O–H groups in total. The number of likely N-dealkylation sites (tertiary alicyclic amines) is 1. The maximum Gasteiger partial charge on any atom is 0.0931 e. The Kier molecular flexibility index (Phi) is 5.15. The summed E-state index contributed by atoms with van der Waals surface area (Å²) in [6, 6.07) is 0.372. The van der Waals surface area contributed by atoms with Gasteiger partial charge in [0, 0.05) is 17.8 Å². The van der Waals surface area contributed by atoms with Crippen LogP contribution in [0.1, 0.15) is 43.4 Å². The topological polar surface area (TPSA) is 28.2 Å². The zero-order chi connectivity index (χ0) is 13.0. The number of hydrogen-bond donors (Lipinski definition) is 1. The van der Waals surface area contributed by atoms with E-state index in [1.54, 1.807) is 0 Å². The van der Waals surface area contributed by atoms with Gasteiger partial charge in [0.1, 0.15) is 0 Å². The van der Waals surface area contributed by atoms with Gasteiger partial charge in [0.05, 0.1) is 10.7 Å². The van der Waals surface area contributed by atoms with Gasteiger partial charge in [0.25, 0.3) is 0 Å². The van der Waals surface area contributed by atoms with Gasteiger partial charge in [0.2, 0.25) is 0 Å². The van der Waals surface area contributed by atoms with Gasteiger partial charge in [-0.1, -0.05) is 6.92 Å². The first-order chi connectivity index (χ1) is 8.72. The minimum absolute atomic E-state index is 0.372. The van der Waals surface area contributed by atoms with Crippen molar-refractivity contribution < 1.29 is 0 Å². The summed E-state index contributed by atoms with van der Waals surface area (Å²) < 4.78 is 0. The van der Waals surface area contributed by atoms with Gasteiger partial charge in [-0.2, -0.15) is 0 Å². The van der Waals surface area contributed by atoms with Crippen LogP contribution in [0.5, 0.6) is 0 Å². The maximum absolute atomic E-state index is 4.76. The lowest BCUT2D eigenvalue weighted by molar-refractivity contribution is 0.192. The Morgan fingerprint density at radius 2 is 2.22 bits per heavy atom. The molecule has 0 aliphatic carbocycles. The summed E-state index contributed by atoms with van der Waals surface area (Å²) in [6.07, 6.45) is 3.85. The maximum atomic E-state index is 4.76. The smallest absolute Gasteiger partial charge is 0.0931 e. The molecule has 1 saturated heterocycles. The number of piperidine rings is 1. The molecule has 2 rings (SSSR count). The third-order valence-electron chi connectivity index (χ3n) is 4.06. The number of aromatic nitrogens is 1. The number of hydrogen-bond acceptors (Lipinski definition) is 4. The van der Waals surface area contributed by atoms with Crippen molar-refractivity contribution in [1.82, 2.24) is 15.2 Å². The van der Waals surface area contributed by atoms with Gasteiger partial charge < -0.3 is 10.2 Å². The lowest BCUT2D eigenvalue weighted by atomic mass is 9.94. The molecule has 102 valence electrons. The normalized spacial score (nSPS) is 20.2. The van der Waals surface area contributed by atoms with E-state index in [0.29, 0.717) is 6.04 Å². The first-order valence-corrected chi connectivity index (χ1v) is 7.94. The highest BCUT2D eigenvalue weighted by Gasteiger charge is 2.19. The lowest BCUT2D eigenvalue weighted by Crippen LogP contribution is -2.34. The monoisotopic (exact) mass is 267 g/mol. The SMILES string of the molecule is CCN1CCC(Cc2nc(C(C)NC)cs2)CC1. The number of rotatable bonds is 5. The van der Waals surface area contributed by atoms with Crippen molar-refractivity contribution in [1.29, 1.82) is 0 Å². The highest BCUT2D eigenvalue weighted by Crippen LogP contribution is 2.24. The molecule has 1 aliphatic rings. The van der Waals surface area contributed by atoms with Gasteiger partial charge >= 0.3 is 0 Å².